The van der Waals surface area contributed by atoms with Crippen LogP contribution in [0.5, 0.6) is 0 Å². The number of piperidine rings is 1. The zero-order valence-corrected chi connectivity index (χ0v) is 18.9. The number of rotatable bonds is 4. The van der Waals surface area contributed by atoms with Crippen molar-refractivity contribution in [1.29, 1.82) is 0 Å². The Morgan fingerprint density at radius 1 is 0.933 bits per heavy atom. The van der Waals surface area contributed by atoms with Crippen LogP contribution in [0.25, 0.3) is 0 Å². The zero-order chi connectivity index (χ0) is 20.4. The summed E-state index contributed by atoms with van der Waals surface area (Å²) < 4.78 is 0. The van der Waals surface area contributed by atoms with E-state index < -0.39 is 0 Å². The van der Waals surface area contributed by atoms with Gasteiger partial charge in [0, 0.05) is 37.9 Å². The van der Waals surface area contributed by atoms with Crippen molar-refractivity contribution in [3.05, 3.63) is 12.3 Å². The fourth-order valence-electron chi connectivity index (χ4n) is 6.62. The molecule has 3 atom stereocenters. The van der Waals surface area contributed by atoms with E-state index >= 15 is 0 Å². The van der Waals surface area contributed by atoms with Gasteiger partial charge in [-0.3, -0.25) is 9.80 Å². The van der Waals surface area contributed by atoms with E-state index in [1.807, 2.05) is 6.20 Å². The van der Waals surface area contributed by atoms with Crippen molar-refractivity contribution in [3.8, 4) is 0 Å². The third kappa shape index (κ3) is 4.05. The smallest absolute Gasteiger partial charge is 0.224 e. The minimum atomic E-state index is 0.307. The lowest BCUT2D eigenvalue weighted by Gasteiger charge is -2.50. The fraction of sp³-hybridized carbons (Fsp3) is 0.833. The lowest BCUT2D eigenvalue weighted by atomic mass is 9.95. The van der Waals surface area contributed by atoms with E-state index in [-0.39, 0.29) is 0 Å². The van der Waals surface area contributed by atoms with E-state index in [1.54, 1.807) is 0 Å². The van der Waals surface area contributed by atoms with Crippen LogP contribution >= 0.6 is 0 Å². The Hall–Kier alpha value is -1.40. The first-order valence-corrected chi connectivity index (χ1v) is 12.6. The monoisotopic (exact) mass is 412 g/mol. The summed E-state index contributed by atoms with van der Waals surface area (Å²) in [5, 5.41) is 3.75. The number of hydrogen-bond acceptors (Lipinski definition) is 6. The third-order valence-electron chi connectivity index (χ3n) is 8.36. The highest BCUT2D eigenvalue weighted by Gasteiger charge is 2.50. The van der Waals surface area contributed by atoms with Gasteiger partial charge in [-0.1, -0.05) is 19.3 Å². The molecular weight excluding hydrogens is 372 g/mol. The molecule has 2 bridgehead atoms. The summed E-state index contributed by atoms with van der Waals surface area (Å²) in [6.07, 6.45) is 17.9. The molecule has 0 amide bonds. The van der Waals surface area contributed by atoms with Gasteiger partial charge < -0.3 is 10.2 Å². The number of anilines is 2. The van der Waals surface area contributed by atoms with Gasteiger partial charge in [0.2, 0.25) is 5.95 Å². The second kappa shape index (κ2) is 8.99. The van der Waals surface area contributed by atoms with E-state index in [1.165, 1.54) is 83.6 Å². The van der Waals surface area contributed by atoms with Crippen LogP contribution in [0.2, 0.25) is 0 Å². The molecule has 1 aromatic heterocycles. The largest absolute Gasteiger partial charge is 0.356 e. The lowest BCUT2D eigenvalue weighted by Crippen LogP contribution is -2.61. The van der Waals surface area contributed by atoms with E-state index in [2.05, 4.69) is 38.1 Å². The molecule has 4 saturated heterocycles. The van der Waals surface area contributed by atoms with Crippen LogP contribution < -0.4 is 10.2 Å². The molecule has 30 heavy (non-hydrogen) atoms. The van der Waals surface area contributed by atoms with Crippen LogP contribution in [0, 0.1) is 0 Å². The summed E-state index contributed by atoms with van der Waals surface area (Å²) in [5.41, 5.74) is 0.307. The normalized spacial score (nSPS) is 33.8. The van der Waals surface area contributed by atoms with Gasteiger partial charge in [0.25, 0.3) is 0 Å². The zero-order valence-electron chi connectivity index (χ0n) is 18.9. The first-order valence-electron chi connectivity index (χ1n) is 12.6. The van der Waals surface area contributed by atoms with E-state index in [9.17, 15) is 0 Å². The van der Waals surface area contributed by atoms with Crippen LogP contribution in [-0.4, -0.2) is 70.7 Å². The molecule has 6 heteroatoms. The van der Waals surface area contributed by atoms with Crippen molar-refractivity contribution in [1.82, 2.24) is 19.8 Å². The molecule has 0 saturated carbocycles. The quantitative estimate of drug-likeness (QED) is 0.803. The molecule has 5 heterocycles. The molecule has 5 rings (SSSR count). The van der Waals surface area contributed by atoms with E-state index in [0.717, 1.165) is 37.4 Å². The Kier molecular flexibility index (Phi) is 6.15. The maximum Gasteiger partial charge on any atom is 0.224 e. The second-order valence-electron chi connectivity index (χ2n) is 10.1. The van der Waals surface area contributed by atoms with Crippen LogP contribution in [0.3, 0.4) is 0 Å². The topological polar surface area (TPSA) is 47.5 Å². The van der Waals surface area contributed by atoms with Crippen LogP contribution in [0.15, 0.2) is 12.3 Å². The summed E-state index contributed by atoms with van der Waals surface area (Å²) in [7, 11) is 2.39. The fourth-order valence-corrected chi connectivity index (χ4v) is 6.62. The van der Waals surface area contributed by atoms with Crippen LogP contribution in [0.1, 0.15) is 77.0 Å². The Bertz CT molecular complexity index is 699. The third-order valence-corrected chi connectivity index (χ3v) is 8.36. The molecule has 3 unspecified atom stereocenters. The number of nitrogens with one attached hydrogen (secondary N) is 1. The predicted molar refractivity (Wildman–Crippen MR) is 123 cm³/mol. The first-order chi connectivity index (χ1) is 14.7. The van der Waals surface area contributed by atoms with E-state index in [4.69, 9.17) is 4.98 Å². The molecule has 0 aromatic carbocycles. The summed E-state index contributed by atoms with van der Waals surface area (Å²) in [5.74, 6) is 1.92. The number of aromatic nitrogens is 2. The summed E-state index contributed by atoms with van der Waals surface area (Å²) in [6, 6.07) is 3.34. The van der Waals surface area contributed by atoms with Gasteiger partial charge in [0.1, 0.15) is 5.82 Å². The lowest BCUT2D eigenvalue weighted by molar-refractivity contribution is -0.0579. The van der Waals surface area contributed by atoms with Crippen molar-refractivity contribution in [2.45, 2.75) is 94.8 Å². The van der Waals surface area contributed by atoms with Crippen molar-refractivity contribution in [2.75, 3.05) is 43.4 Å². The maximum absolute atomic E-state index is 4.94. The Labute approximate surface area is 182 Å². The summed E-state index contributed by atoms with van der Waals surface area (Å²) >= 11 is 0. The molecule has 0 aliphatic carbocycles. The number of hydrogen-bond donors (Lipinski definition) is 1. The molecule has 4 aliphatic heterocycles. The highest BCUT2D eigenvalue weighted by molar-refractivity contribution is 5.43. The van der Waals surface area contributed by atoms with Crippen LogP contribution in [-0.2, 0) is 0 Å². The van der Waals surface area contributed by atoms with Gasteiger partial charge in [0.15, 0.2) is 0 Å². The summed E-state index contributed by atoms with van der Waals surface area (Å²) in [4.78, 5) is 17.6. The van der Waals surface area contributed by atoms with Gasteiger partial charge in [-0.2, -0.15) is 4.98 Å². The van der Waals surface area contributed by atoms with Gasteiger partial charge >= 0.3 is 0 Å². The van der Waals surface area contributed by atoms with Gasteiger partial charge in [-0.05, 0) is 77.4 Å². The summed E-state index contributed by atoms with van der Waals surface area (Å²) in [6.45, 7) is 4.62. The SMILES string of the molecule is CN1C2CCCC1(N1CCCCC(Nc3nccc(N4CCCCCC4)n3)C1)CC2. The molecule has 166 valence electrons. The predicted octanol–water partition coefficient (Wildman–Crippen LogP) is 4.10. The molecule has 6 nitrogen and oxygen atoms in total. The molecule has 4 fully saturated rings. The molecule has 1 aromatic rings. The first kappa shape index (κ1) is 20.5. The van der Waals surface area contributed by atoms with Gasteiger partial charge in [-0.25, -0.2) is 4.98 Å². The average Bonchev–Trinajstić information content (AvgIpc) is 3.11. The number of fused-ring (bicyclic) bond motifs is 2. The van der Waals surface area contributed by atoms with Gasteiger partial charge in [-0.15, -0.1) is 0 Å². The molecular formula is C24H40N6. The molecule has 1 N–H and O–H groups in total. The standard InChI is InChI=1S/C24H40N6/c1-28-21-10-8-13-24(28,14-11-21)30-18-7-4-9-20(19-30)26-23-25-15-12-22(27-23)29-16-5-2-3-6-17-29/h12,15,20-21H,2-11,13-14,16-19H2,1H3,(H,25,26,27). The van der Waals surface area contributed by atoms with Crippen molar-refractivity contribution >= 4 is 11.8 Å². The minimum absolute atomic E-state index is 0.307. The molecule has 0 radical (unpaired) electrons. The number of likely N-dealkylation sites (tertiary alicyclic amines) is 1. The Balaban J connectivity index is 1.28. The minimum Gasteiger partial charge on any atom is -0.356 e. The molecule has 4 aliphatic rings. The average molecular weight is 413 g/mol. The highest BCUT2D eigenvalue weighted by Crippen LogP contribution is 2.45. The van der Waals surface area contributed by atoms with Crippen molar-refractivity contribution in [3.63, 3.8) is 0 Å². The van der Waals surface area contributed by atoms with Crippen molar-refractivity contribution in [2.24, 2.45) is 0 Å². The van der Waals surface area contributed by atoms with Crippen LogP contribution in [0.4, 0.5) is 11.8 Å². The van der Waals surface area contributed by atoms with Gasteiger partial charge in [0.05, 0.1) is 5.66 Å². The Morgan fingerprint density at radius 2 is 1.77 bits per heavy atom. The van der Waals surface area contributed by atoms with E-state index in [0.29, 0.717) is 11.7 Å². The van der Waals surface area contributed by atoms with Crippen molar-refractivity contribution < 1.29 is 0 Å². The second-order valence-corrected chi connectivity index (χ2v) is 10.1. The highest BCUT2D eigenvalue weighted by atomic mass is 15.4. The molecule has 0 spiro atoms. The maximum atomic E-state index is 4.94. The Morgan fingerprint density at radius 3 is 2.63 bits per heavy atom. The number of nitrogens with zero attached hydrogens (tertiary/aromatic N) is 5.